The molecule has 0 saturated carbocycles. The molecule has 156 valence electrons. The standard InChI is InChI=1S/C25H25N5O/c1-30(2)13-12-28-25(31)19-8-3-7-18(14-19)20-15-22(24(26)29-16-20)21-10-4-6-17-9-5-11-27-23(17)21/h3-11,14-16H,12-13H2,1-2H3,(H2,26,29)(H,28,31). The van der Waals surface area contributed by atoms with Gasteiger partial charge in [0.25, 0.3) is 5.91 Å². The number of pyridine rings is 2. The predicted octanol–water partition coefficient (Wildman–Crippen LogP) is 3.84. The number of nitrogens with zero attached hydrogens (tertiary/aromatic N) is 3. The summed E-state index contributed by atoms with van der Waals surface area (Å²) in [5.74, 6) is 0.352. The lowest BCUT2D eigenvalue weighted by molar-refractivity contribution is 0.0951. The number of nitrogen functional groups attached to an aromatic ring is 1. The summed E-state index contributed by atoms with van der Waals surface area (Å²) in [6, 6.07) is 19.5. The van der Waals surface area contributed by atoms with Crippen LogP contribution in [0.5, 0.6) is 0 Å². The highest BCUT2D eigenvalue weighted by Gasteiger charge is 2.12. The summed E-state index contributed by atoms with van der Waals surface area (Å²) in [4.78, 5) is 23.5. The maximum absolute atomic E-state index is 12.5. The van der Waals surface area contributed by atoms with E-state index in [0.29, 0.717) is 17.9 Å². The molecule has 0 saturated heterocycles. The summed E-state index contributed by atoms with van der Waals surface area (Å²) in [7, 11) is 3.95. The fraction of sp³-hybridized carbons (Fsp3) is 0.160. The molecule has 2 aromatic carbocycles. The van der Waals surface area contributed by atoms with Crippen LogP contribution in [0.25, 0.3) is 33.2 Å². The maximum Gasteiger partial charge on any atom is 0.251 e. The number of fused-ring (bicyclic) bond motifs is 1. The van der Waals surface area contributed by atoms with Gasteiger partial charge in [-0.1, -0.05) is 36.4 Å². The molecule has 6 heteroatoms. The Bertz CT molecular complexity index is 1230. The largest absolute Gasteiger partial charge is 0.383 e. The molecule has 0 atom stereocenters. The van der Waals surface area contributed by atoms with Crippen LogP contribution in [0.2, 0.25) is 0 Å². The first-order valence-electron chi connectivity index (χ1n) is 10.2. The van der Waals surface area contributed by atoms with Gasteiger partial charge in [-0.15, -0.1) is 0 Å². The Hall–Kier alpha value is -3.77. The predicted molar refractivity (Wildman–Crippen MR) is 126 cm³/mol. The minimum atomic E-state index is -0.0921. The van der Waals surface area contributed by atoms with Crippen LogP contribution in [0.3, 0.4) is 0 Å². The van der Waals surface area contributed by atoms with Crippen molar-refractivity contribution in [2.24, 2.45) is 0 Å². The molecule has 31 heavy (non-hydrogen) atoms. The normalized spacial score (nSPS) is 11.1. The lowest BCUT2D eigenvalue weighted by atomic mass is 9.98. The number of rotatable bonds is 6. The zero-order chi connectivity index (χ0) is 21.8. The van der Waals surface area contributed by atoms with Gasteiger partial charge in [0.1, 0.15) is 5.82 Å². The van der Waals surface area contributed by atoms with Crippen molar-refractivity contribution in [2.45, 2.75) is 0 Å². The van der Waals surface area contributed by atoms with E-state index in [9.17, 15) is 4.79 Å². The lowest BCUT2D eigenvalue weighted by Gasteiger charge is -2.12. The number of hydrogen-bond donors (Lipinski definition) is 2. The van der Waals surface area contributed by atoms with Gasteiger partial charge < -0.3 is 16.0 Å². The van der Waals surface area contributed by atoms with Crippen LogP contribution in [-0.2, 0) is 0 Å². The number of carbonyl (C=O) groups excluding carboxylic acids is 1. The molecular formula is C25H25N5O. The van der Waals surface area contributed by atoms with Gasteiger partial charge in [-0.25, -0.2) is 4.98 Å². The topological polar surface area (TPSA) is 84.1 Å². The lowest BCUT2D eigenvalue weighted by Crippen LogP contribution is -2.31. The Morgan fingerprint density at radius 1 is 0.968 bits per heavy atom. The molecule has 0 radical (unpaired) electrons. The minimum absolute atomic E-state index is 0.0921. The number of nitrogens with one attached hydrogen (secondary N) is 1. The Morgan fingerprint density at radius 3 is 2.61 bits per heavy atom. The number of hydrogen-bond acceptors (Lipinski definition) is 5. The summed E-state index contributed by atoms with van der Waals surface area (Å²) in [6.45, 7) is 1.38. The summed E-state index contributed by atoms with van der Waals surface area (Å²) in [6.07, 6.45) is 3.51. The quantitative estimate of drug-likeness (QED) is 0.504. The molecule has 0 aliphatic rings. The van der Waals surface area contributed by atoms with Gasteiger partial charge in [-0.2, -0.15) is 0 Å². The van der Waals surface area contributed by atoms with Crippen LogP contribution in [0.15, 0.2) is 73.1 Å². The molecule has 2 aromatic heterocycles. The van der Waals surface area contributed by atoms with Crippen molar-refractivity contribution in [1.82, 2.24) is 20.2 Å². The van der Waals surface area contributed by atoms with Gasteiger partial charge in [0.05, 0.1) is 5.52 Å². The number of anilines is 1. The van der Waals surface area contributed by atoms with Crippen LogP contribution in [0.1, 0.15) is 10.4 Å². The Morgan fingerprint density at radius 2 is 1.77 bits per heavy atom. The number of aromatic nitrogens is 2. The van der Waals surface area contributed by atoms with E-state index in [1.807, 2.05) is 79.7 Å². The molecule has 0 unspecified atom stereocenters. The van der Waals surface area contributed by atoms with Crippen molar-refractivity contribution < 1.29 is 4.79 Å². The van der Waals surface area contributed by atoms with E-state index in [-0.39, 0.29) is 5.91 Å². The van der Waals surface area contributed by atoms with Crippen LogP contribution < -0.4 is 11.1 Å². The average Bonchev–Trinajstić information content (AvgIpc) is 2.79. The second-order valence-electron chi connectivity index (χ2n) is 7.68. The van der Waals surface area contributed by atoms with E-state index in [0.717, 1.165) is 39.7 Å². The van der Waals surface area contributed by atoms with Crippen molar-refractivity contribution in [1.29, 1.82) is 0 Å². The number of likely N-dealkylation sites (N-methyl/N-ethyl adjacent to an activating group) is 1. The van der Waals surface area contributed by atoms with E-state index in [1.54, 1.807) is 12.4 Å². The molecule has 6 nitrogen and oxygen atoms in total. The summed E-state index contributed by atoms with van der Waals surface area (Å²) < 4.78 is 0. The van der Waals surface area contributed by atoms with Crippen LogP contribution >= 0.6 is 0 Å². The summed E-state index contributed by atoms with van der Waals surface area (Å²) in [5.41, 5.74) is 11.3. The molecule has 0 spiro atoms. The fourth-order valence-electron chi connectivity index (χ4n) is 3.51. The Kier molecular flexibility index (Phi) is 5.91. The van der Waals surface area contributed by atoms with Crippen LogP contribution in [0, 0.1) is 0 Å². The highest BCUT2D eigenvalue weighted by Crippen LogP contribution is 2.33. The number of nitrogens with two attached hydrogens (primary N) is 1. The molecule has 0 fully saturated rings. The molecule has 4 aromatic rings. The van der Waals surface area contributed by atoms with Gasteiger partial charge in [0, 0.05) is 53.1 Å². The Balaban J connectivity index is 1.68. The summed E-state index contributed by atoms with van der Waals surface area (Å²) in [5, 5.41) is 3.99. The first kappa shape index (κ1) is 20.5. The smallest absolute Gasteiger partial charge is 0.251 e. The molecule has 4 rings (SSSR count). The first-order chi connectivity index (χ1) is 15.0. The number of carbonyl (C=O) groups is 1. The third kappa shape index (κ3) is 4.54. The maximum atomic E-state index is 12.5. The Labute approximate surface area is 181 Å². The molecule has 0 bridgehead atoms. The molecule has 0 aliphatic carbocycles. The molecule has 0 aliphatic heterocycles. The highest BCUT2D eigenvalue weighted by molar-refractivity contribution is 5.98. The van der Waals surface area contributed by atoms with E-state index in [1.165, 1.54) is 0 Å². The van der Waals surface area contributed by atoms with Crippen molar-refractivity contribution in [3.05, 3.63) is 78.6 Å². The van der Waals surface area contributed by atoms with E-state index in [2.05, 4.69) is 15.3 Å². The zero-order valence-electron chi connectivity index (χ0n) is 17.7. The van der Waals surface area contributed by atoms with Crippen molar-refractivity contribution in [2.75, 3.05) is 32.9 Å². The van der Waals surface area contributed by atoms with Gasteiger partial charge in [0.15, 0.2) is 0 Å². The van der Waals surface area contributed by atoms with Crippen LogP contribution in [0.4, 0.5) is 5.82 Å². The zero-order valence-corrected chi connectivity index (χ0v) is 17.7. The van der Waals surface area contributed by atoms with E-state index < -0.39 is 0 Å². The minimum Gasteiger partial charge on any atom is -0.383 e. The fourth-order valence-corrected chi connectivity index (χ4v) is 3.51. The number of amides is 1. The van der Waals surface area contributed by atoms with Gasteiger partial charge >= 0.3 is 0 Å². The highest BCUT2D eigenvalue weighted by atomic mass is 16.1. The third-order valence-electron chi connectivity index (χ3n) is 5.14. The first-order valence-corrected chi connectivity index (χ1v) is 10.2. The number of para-hydroxylation sites is 1. The van der Waals surface area contributed by atoms with Crippen molar-refractivity contribution >= 4 is 22.6 Å². The average molecular weight is 412 g/mol. The van der Waals surface area contributed by atoms with E-state index >= 15 is 0 Å². The van der Waals surface area contributed by atoms with Gasteiger partial charge in [-0.3, -0.25) is 9.78 Å². The second kappa shape index (κ2) is 8.93. The SMILES string of the molecule is CN(C)CCNC(=O)c1cccc(-c2cnc(N)c(-c3cccc4cccnc34)c2)c1. The van der Waals surface area contributed by atoms with E-state index in [4.69, 9.17) is 5.73 Å². The molecular weight excluding hydrogens is 386 g/mol. The summed E-state index contributed by atoms with van der Waals surface area (Å²) >= 11 is 0. The molecule has 1 amide bonds. The van der Waals surface area contributed by atoms with Gasteiger partial charge in [-0.05, 0) is 43.9 Å². The monoisotopic (exact) mass is 411 g/mol. The van der Waals surface area contributed by atoms with Crippen molar-refractivity contribution in [3.63, 3.8) is 0 Å². The van der Waals surface area contributed by atoms with Crippen molar-refractivity contribution in [3.8, 4) is 22.3 Å². The second-order valence-corrected chi connectivity index (χ2v) is 7.68. The molecule has 2 heterocycles. The third-order valence-corrected chi connectivity index (χ3v) is 5.14. The molecule has 3 N–H and O–H groups in total. The van der Waals surface area contributed by atoms with Crippen LogP contribution in [-0.4, -0.2) is 48.0 Å². The number of benzene rings is 2. The van der Waals surface area contributed by atoms with Gasteiger partial charge in [0.2, 0.25) is 0 Å².